The van der Waals surface area contributed by atoms with Gasteiger partial charge in [0.05, 0.1) is 7.11 Å². The maximum absolute atomic E-state index is 12.4. The summed E-state index contributed by atoms with van der Waals surface area (Å²) in [7, 11) is 1.34. The number of nitrogen functional groups attached to an aromatic ring is 1. The van der Waals surface area contributed by atoms with Crippen LogP contribution in [0, 0.1) is 0 Å². The van der Waals surface area contributed by atoms with E-state index in [1.165, 1.54) is 13.2 Å². The lowest BCUT2D eigenvalue weighted by atomic mass is 10.0. The Bertz CT molecular complexity index is 1490. The molecule has 1 amide bonds. The predicted molar refractivity (Wildman–Crippen MR) is 169 cm³/mol. The average molecular weight is 604 g/mol. The number of para-hydroxylation sites is 1. The number of aliphatic carboxylic acids is 1. The van der Waals surface area contributed by atoms with Gasteiger partial charge in [-0.2, -0.15) is 0 Å². The van der Waals surface area contributed by atoms with E-state index in [1.807, 2.05) is 42.5 Å². The minimum absolute atomic E-state index is 0. The number of ether oxygens (including phenoxy) is 2. The molecular formula is C33H34ClN3O6. The smallest absolute Gasteiger partial charge is 0.330 e. The zero-order valence-corrected chi connectivity index (χ0v) is 24.3. The molecule has 6 N–H and O–H groups in total. The van der Waals surface area contributed by atoms with Gasteiger partial charge < -0.3 is 31.4 Å². The first-order chi connectivity index (χ1) is 20.3. The van der Waals surface area contributed by atoms with Gasteiger partial charge in [0.2, 0.25) is 0 Å². The summed E-state index contributed by atoms with van der Waals surface area (Å²) in [5.74, 6) is -0.629. The second-order valence-electron chi connectivity index (χ2n) is 9.06. The SMILES string of the molecule is COC(=O)/C=C/c1ccc(N)cc1.Cl.NCc1ccc(C(=O)N[C@@H](Cc2cccc(Oc3ccccc3)c2)C(=O)O)cc1. The second-order valence-corrected chi connectivity index (χ2v) is 9.06. The molecule has 1 atom stereocenters. The number of rotatable bonds is 10. The van der Waals surface area contributed by atoms with Gasteiger partial charge in [-0.3, -0.25) is 4.79 Å². The average Bonchev–Trinajstić information content (AvgIpc) is 3.01. The predicted octanol–water partition coefficient (Wildman–Crippen LogP) is 5.24. The van der Waals surface area contributed by atoms with Gasteiger partial charge in [0, 0.05) is 30.3 Å². The first-order valence-electron chi connectivity index (χ1n) is 13.0. The van der Waals surface area contributed by atoms with Crippen molar-refractivity contribution in [3.05, 3.63) is 131 Å². The molecule has 0 aliphatic heterocycles. The molecule has 0 saturated carbocycles. The molecule has 43 heavy (non-hydrogen) atoms. The number of hydrogen-bond acceptors (Lipinski definition) is 7. The standard InChI is InChI=1S/C23H22N2O4.C10H11NO2.ClH/c24-15-16-9-11-18(12-10-16)22(26)25-21(23(27)28)14-17-5-4-8-20(13-17)29-19-6-2-1-3-7-19;1-13-10(12)7-4-8-2-5-9(11)6-3-8;/h1-13,21H,14-15,24H2,(H,25,26)(H,27,28);2-7H,11H2,1H3;1H/b;7-4+;/t21-;;/m0../s1. The van der Waals surface area contributed by atoms with Crippen molar-refractivity contribution in [3.8, 4) is 11.5 Å². The van der Waals surface area contributed by atoms with Crippen LogP contribution < -0.4 is 21.5 Å². The zero-order chi connectivity index (χ0) is 30.3. The van der Waals surface area contributed by atoms with Crippen molar-refractivity contribution in [2.45, 2.75) is 19.0 Å². The van der Waals surface area contributed by atoms with Crippen molar-refractivity contribution in [2.24, 2.45) is 5.73 Å². The van der Waals surface area contributed by atoms with E-state index in [0.717, 1.165) is 16.7 Å². The molecular weight excluding hydrogens is 570 g/mol. The van der Waals surface area contributed by atoms with Crippen LogP contribution in [0.4, 0.5) is 5.69 Å². The Hall–Kier alpha value is -5.12. The number of amides is 1. The molecule has 4 aromatic rings. The van der Waals surface area contributed by atoms with Gasteiger partial charge in [0.25, 0.3) is 5.91 Å². The first kappa shape index (κ1) is 34.1. The van der Waals surface area contributed by atoms with Gasteiger partial charge in [0.15, 0.2) is 0 Å². The van der Waals surface area contributed by atoms with Gasteiger partial charge in [0.1, 0.15) is 17.5 Å². The Morgan fingerprint density at radius 1 is 0.860 bits per heavy atom. The van der Waals surface area contributed by atoms with E-state index >= 15 is 0 Å². The molecule has 224 valence electrons. The molecule has 4 rings (SSSR count). The summed E-state index contributed by atoms with van der Waals surface area (Å²) < 4.78 is 10.2. The molecule has 4 aromatic carbocycles. The molecule has 9 nitrogen and oxygen atoms in total. The summed E-state index contributed by atoms with van der Waals surface area (Å²) in [6.45, 7) is 0.376. The van der Waals surface area contributed by atoms with E-state index in [9.17, 15) is 19.5 Å². The zero-order valence-electron chi connectivity index (χ0n) is 23.5. The lowest BCUT2D eigenvalue weighted by Crippen LogP contribution is -2.42. The summed E-state index contributed by atoms with van der Waals surface area (Å²) in [4.78, 5) is 34.8. The number of carboxylic acid groups (broad SMARTS) is 1. The van der Waals surface area contributed by atoms with Crippen molar-refractivity contribution in [1.29, 1.82) is 0 Å². The van der Waals surface area contributed by atoms with Crippen LogP contribution in [0.2, 0.25) is 0 Å². The van der Waals surface area contributed by atoms with Crippen LogP contribution in [0.1, 0.15) is 27.0 Å². The largest absolute Gasteiger partial charge is 0.480 e. The van der Waals surface area contributed by atoms with Gasteiger partial charge >= 0.3 is 11.9 Å². The van der Waals surface area contributed by atoms with Crippen molar-refractivity contribution < 1.29 is 29.0 Å². The molecule has 10 heteroatoms. The number of nitrogens with two attached hydrogens (primary N) is 2. The third kappa shape index (κ3) is 11.7. The third-order valence-corrected chi connectivity index (χ3v) is 5.92. The Kier molecular flexibility index (Phi) is 14.0. The number of esters is 1. The minimum atomic E-state index is -1.11. The fraction of sp³-hybridized carbons (Fsp3) is 0.121. The normalized spacial score (nSPS) is 10.8. The van der Waals surface area contributed by atoms with E-state index in [1.54, 1.807) is 66.7 Å². The van der Waals surface area contributed by atoms with Crippen molar-refractivity contribution in [1.82, 2.24) is 5.32 Å². The highest BCUT2D eigenvalue weighted by Crippen LogP contribution is 2.22. The number of methoxy groups -OCH3 is 1. The molecule has 0 aromatic heterocycles. The quantitative estimate of drug-likeness (QED) is 0.109. The monoisotopic (exact) mass is 603 g/mol. The Balaban J connectivity index is 0.000000388. The van der Waals surface area contributed by atoms with Crippen LogP contribution in [-0.2, 0) is 27.3 Å². The molecule has 0 saturated heterocycles. The van der Waals surface area contributed by atoms with Gasteiger partial charge in [-0.25, -0.2) is 9.59 Å². The number of carboxylic acids is 1. The van der Waals surface area contributed by atoms with E-state index in [2.05, 4.69) is 10.1 Å². The van der Waals surface area contributed by atoms with E-state index in [-0.39, 0.29) is 24.8 Å². The van der Waals surface area contributed by atoms with Crippen LogP contribution in [0.25, 0.3) is 6.08 Å². The van der Waals surface area contributed by atoms with E-state index in [4.69, 9.17) is 16.2 Å². The van der Waals surface area contributed by atoms with Crippen LogP contribution in [0.15, 0.2) is 109 Å². The highest BCUT2D eigenvalue weighted by Gasteiger charge is 2.21. The summed E-state index contributed by atoms with van der Waals surface area (Å²) in [5.41, 5.74) is 14.7. The van der Waals surface area contributed by atoms with Crippen molar-refractivity contribution in [3.63, 3.8) is 0 Å². The molecule has 0 unspecified atom stereocenters. The summed E-state index contributed by atoms with van der Waals surface area (Å²) >= 11 is 0. The molecule has 0 bridgehead atoms. The number of carbonyl (C=O) groups excluding carboxylic acids is 2. The maximum atomic E-state index is 12.4. The number of hydrogen-bond donors (Lipinski definition) is 4. The maximum Gasteiger partial charge on any atom is 0.330 e. The third-order valence-electron chi connectivity index (χ3n) is 5.92. The molecule has 0 fully saturated rings. The fourth-order valence-corrected chi connectivity index (χ4v) is 3.67. The number of benzene rings is 4. The van der Waals surface area contributed by atoms with Crippen molar-refractivity contribution in [2.75, 3.05) is 12.8 Å². The number of anilines is 1. The molecule has 0 radical (unpaired) electrons. The lowest BCUT2D eigenvalue weighted by molar-refractivity contribution is -0.139. The van der Waals surface area contributed by atoms with Crippen LogP contribution in [0.3, 0.4) is 0 Å². The van der Waals surface area contributed by atoms with Gasteiger partial charge in [-0.15, -0.1) is 12.4 Å². The Morgan fingerprint density at radius 2 is 1.51 bits per heavy atom. The van der Waals surface area contributed by atoms with E-state index in [0.29, 0.717) is 29.3 Å². The Morgan fingerprint density at radius 3 is 2.12 bits per heavy atom. The molecule has 0 heterocycles. The summed E-state index contributed by atoms with van der Waals surface area (Å²) in [5, 5.41) is 12.1. The minimum Gasteiger partial charge on any atom is -0.480 e. The van der Waals surface area contributed by atoms with Crippen LogP contribution in [0.5, 0.6) is 11.5 Å². The molecule has 0 spiro atoms. The fourth-order valence-electron chi connectivity index (χ4n) is 3.67. The van der Waals surface area contributed by atoms with Gasteiger partial charge in [-0.1, -0.05) is 54.6 Å². The van der Waals surface area contributed by atoms with Crippen molar-refractivity contribution >= 4 is 42.0 Å². The first-order valence-corrected chi connectivity index (χ1v) is 13.0. The Labute approximate surface area is 256 Å². The highest BCUT2D eigenvalue weighted by molar-refractivity contribution is 5.96. The second kappa shape index (κ2) is 17.6. The lowest BCUT2D eigenvalue weighted by Gasteiger charge is -2.15. The number of halogens is 1. The van der Waals surface area contributed by atoms with Gasteiger partial charge in [-0.05, 0) is 71.3 Å². The van der Waals surface area contributed by atoms with Crippen LogP contribution in [-0.4, -0.2) is 36.1 Å². The topological polar surface area (TPSA) is 154 Å². The molecule has 0 aliphatic carbocycles. The number of carbonyl (C=O) groups is 3. The highest BCUT2D eigenvalue weighted by atomic mass is 35.5. The summed E-state index contributed by atoms with van der Waals surface area (Å²) in [6, 6.07) is 29.4. The summed E-state index contributed by atoms with van der Waals surface area (Å²) in [6.07, 6.45) is 3.17. The molecule has 0 aliphatic rings. The number of nitrogens with one attached hydrogen (secondary N) is 1. The van der Waals surface area contributed by atoms with E-state index < -0.39 is 17.9 Å². The van der Waals surface area contributed by atoms with Crippen LogP contribution >= 0.6 is 12.4 Å².